The van der Waals surface area contributed by atoms with Crippen molar-refractivity contribution in [2.45, 2.75) is 12.1 Å². The average molecular weight is 269 g/mol. The van der Waals surface area contributed by atoms with Crippen LogP contribution in [-0.4, -0.2) is 28.4 Å². The smallest absolute Gasteiger partial charge is 0.331 e. The lowest BCUT2D eigenvalue weighted by molar-refractivity contribution is -0.141. The van der Waals surface area contributed by atoms with E-state index in [1.54, 1.807) is 30.3 Å². The summed E-state index contributed by atoms with van der Waals surface area (Å²) in [5.41, 5.74) is 1.32. The summed E-state index contributed by atoms with van der Waals surface area (Å²) in [5, 5.41) is 19.3. The highest BCUT2D eigenvalue weighted by atomic mass is 16.4. The number of aliphatic carboxylic acids is 1. The number of rotatable bonds is 5. The van der Waals surface area contributed by atoms with Gasteiger partial charge in [-0.3, -0.25) is 4.99 Å². The molecule has 0 spiro atoms. The van der Waals surface area contributed by atoms with Crippen LogP contribution in [0.25, 0.3) is 0 Å². The van der Waals surface area contributed by atoms with Crippen LogP contribution < -0.4 is 0 Å². The van der Waals surface area contributed by atoms with Gasteiger partial charge in [0.2, 0.25) is 0 Å². The zero-order valence-electron chi connectivity index (χ0n) is 10.8. The maximum atomic E-state index is 11.3. The van der Waals surface area contributed by atoms with Gasteiger partial charge in [0, 0.05) is 6.21 Å². The second-order valence-electron chi connectivity index (χ2n) is 4.33. The molecule has 0 aromatic heterocycles. The maximum Gasteiger partial charge on any atom is 0.331 e. The third-order valence-corrected chi connectivity index (χ3v) is 2.88. The van der Waals surface area contributed by atoms with Crippen molar-refractivity contribution in [3.05, 3.63) is 71.8 Å². The lowest BCUT2D eigenvalue weighted by Gasteiger charge is -2.15. The van der Waals surface area contributed by atoms with E-state index in [-0.39, 0.29) is 0 Å². The van der Waals surface area contributed by atoms with E-state index in [2.05, 4.69) is 4.99 Å². The molecule has 0 aliphatic rings. The SMILES string of the molecule is O=C(O)[C@@H](N=Cc1ccccc1)C(O)c1ccccc1. The first kappa shape index (κ1) is 14.0. The number of aliphatic hydroxyl groups is 1. The van der Waals surface area contributed by atoms with E-state index in [4.69, 9.17) is 0 Å². The van der Waals surface area contributed by atoms with Crippen LogP contribution in [0, 0.1) is 0 Å². The minimum Gasteiger partial charge on any atom is -0.480 e. The summed E-state index contributed by atoms with van der Waals surface area (Å²) in [7, 11) is 0. The van der Waals surface area contributed by atoms with Gasteiger partial charge < -0.3 is 10.2 Å². The highest BCUT2D eigenvalue weighted by Crippen LogP contribution is 2.19. The Kier molecular flexibility index (Phi) is 4.63. The zero-order chi connectivity index (χ0) is 14.4. The van der Waals surface area contributed by atoms with E-state index in [9.17, 15) is 15.0 Å². The molecule has 0 saturated carbocycles. The van der Waals surface area contributed by atoms with Gasteiger partial charge in [-0.1, -0.05) is 60.7 Å². The molecule has 0 aliphatic heterocycles. The van der Waals surface area contributed by atoms with Gasteiger partial charge in [-0.15, -0.1) is 0 Å². The first-order chi connectivity index (χ1) is 9.68. The molecule has 4 nitrogen and oxygen atoms in total. The Morgan fingerprint density at radius 1 is 1.00 bits per heavy atom. The van der Waals surface area contributed by atoms with Gasteiger partial charge in [0.25, 0.3) is 0 Å². The molecule has 2 aromatic carbocycles. The zero-order valence-corrected chi connectivity index (χ0v) is 10.8. The number of carboxylic acid groups (broad SMARTS) is 1. The molecule has 102 valence electrons. The van der Waals surface area contributed by atoms with E-state index in [1.807, 2.05) is 30.3 Å². The summed E-state index contributed by atoms with van der Waals surface area (Å²) in [4.78, 5) is 15.3. The molecule has 2 atom stereocenters. The summed E-state index contributed by atoms with van der Waals surface area (Å²) in [6, 6.07) is 16.6. The summed E-state index contributed by atoms with van der Waals surface area (Å²) in [6.07, 6.45) is 0.291. The number of aliphatic hydroxyl groups excluding tert-OH is 1. The van der Waals surface area contributed by atoms with Gasteiger partial charge in [-0.25, -0.2) is 4.79 Å². The molecule has 0 radical (unpaired) electrons. The van der Waals surface area contributed by atoms with Crippen LogP contribution in [-0.2, 0) is 4.79 Å². The summed E-state index contributed by atoms with van der Waals surface area (Å²) in [5.74, 6) is -1.16. The van der Waals surface area contributed by atoms with Crippen molar-refractivity contribution in [3.8, 4) is 0 Å². The number of carbonyl (C=O) groups is 1. The quantitative estimate of drug-likeness (QED) is 0.818. The molecule has 4 heteroatoms. The molecule has 2 rings (SSSR count). The van der Waals surface area contributed by atoms with Crippen molar-refractivity contribution in [1.82, 2.24) is 0 Å². The Bertz CT molecular complexity index is 581. The van der Waals surface area contributed by atoms with Gasteiger partial charge in [-0.2, -0.15) is 0 Å². The van der Waals surface area contributed by atoms with E-state index < -0.39 is 18.1 Å². The Morgan fingerprint density at radius 3 is 2.10 bits per heavy atom. The summed E-state index contributed by atoms with van der Waals surface area (Å²) < 4.78 is 0. The Labute approximate surface area is 117 Å². The van der Waals surface area contributed by atoms with Gasteiger partial charge in [0.15, 0.2) is 6.04 Å². The number of hydrogen-bond acceptors (Lipinski definition) is 3. The molecule has 2 N–H and O–H groups in total. The molecule has 0 saturated heterocycles. The highest BCUT2D eigenvalue weighted by molar-refractivity contribution is 5.83. The molecule has 20 heavy (non-hydrogen) atoms. The summed E-state index contributed by atoms with van der Waals surface area (Å²) in [6.45, 7) is 0. The Hall–Kier alpha value is -2.46. The fourth-order valence-electron chi connectivity index (χ4n) is 1.82. The van der Waals surface area contributed by atoms with E-state index in [0.717, 1.165) is 5.56 Å². The normalized spacial score (nSPS) is 14.1. The van der Waals surface area contributed by atoms with Gasteiger partial charge in [0.1, 0.15) is 6.10 Å². The van der Waals surface area contributed by atoms with Crippen molar-refractivity contribution in [3.63, 3.8) is 0 Å². The van der Waals surface area contributed by atoms with Crippen molar-refractivity contribution < 1.29 is 15.0 Å². The second kappa shape index (κ2) is 6.63. The Balaban J connectivity index is 2.20. The molecule has 0 heterocycles. The first-order valence-corrected chi connectivity index (χ1v) is 6.22. The van der Waals surface area contributed by atoms with E-state index >= 15 is 0 Å². The number of nitrogens with zero attached hydrogens (tertiary/aromatic N) is 1. The van der Waals surface area contributed by atoms with Crippen molar-refractivity contribution >= 4 is 12.2 Å². The van der Waals surface area contributed by atoms with Crippen molar-refractivity contribution in [2.75, 3.05) is 0 Å². The molecule has 0 fully saturated rings. The molecule has 0 amide bonds. The standard InChI is InChI=1S/C16H15NO3/c18-15(13-9-5-2-6-10-13)14(16(19)20)17-11-12-7-3-1-4-8-12/h1-11,14-15,18H,(H,19,20)/t14-,15?/m0/s1. The predicted octanol–water partition coefficient (Wildman–Crippen LogP) is 2.29. The molecule has 1 unspecified atom stereocenters. The Morgan fingerprint density at radius 2 is 1.55 bits per heavy atom. The first-order valence-electron chi connectivity index (χ1n) is 6.22. The van der Waals surface area contributed by atoms with Crippen LogP contribution in [0.4, 0.5) is 0 Å². The number of hydrogen-bond donors (Lipinski definition) is 2. The third-order valence-electron chi connectivity index (χ3n) is 2.88. The third kappa shape index (κ3) is 3.52. The average Bonchev–Trinajstić information content (AvgIpc) is 2.49. The van der Waals surface area contributed by atoms with Crippen LogP contribution in [0.1, 0.15) is 17.2 Å². The fraction of sp³-hybridized carbons (Fsp3) is 0.125. The molecular weight excluding hydrogens is 254 g/mol. The van der Waals surface area contributed by atoms with Crippen molar-refractivity contribution in [2.24, 2.45) is 4.99 Å². The number of aliphatic imine (C=N–C) groups is 1. The van der Waals surface area contributed by atoms with E-state index in [0.29, 0.717) is 5.56 Å². The van der Waals surface area contributed by atoms with Gasteiger partial charge in [-0.05, 0) is 11.1 Å². The lowest BCUT2D eigenvalue weighted by Crippen LogP contribution is -2.26. The van der Waals surface area contributed by atoms with Crippen LogP contribution in [0.15, 0.2) is 65.7 Å². The van der Waals surface area contributed by atoms with Crippen molar-refractivity contribution in [1.29, 1.82) is 0 Å². The monoisotopic (exact) mass is 269 g/mol. The maximum absolute atomic E-state index is 11.3. The highest BCUT2D eigenvalue weighted by Gasteiger charge is 2.26. The molecule has 0 aliphatic carbocycles. The minimum atomic E-state index is -1.22. The molecule has 2 aromatic rings. The fourth-order valence-corrected chi connectivity index (χ4v) is 1.82. The largest absolute Gasteiger partial charge is 0.480 e. The van der Waals surface area contributed by atoms with Crippen LogP contribution in [0.3, 0.4) is 0 Å². The van der Waals surface area contributed by atoms with Gasteiger partial charge in [0.05, 0.1) is 0 Å². The second-order valence-corrected chi connectivity index (χ2v) is 4.33. The van der Waals surface area contributed by atoms with Crippen LogP contribution in [0.2, 0.25) is 0 Å². The predicted molar refractivity (Wildman–Crippen MR) is 76.9 cm³/mol. The topological polar surface area (TPSA) is 69.9 Å². The van der Waals surface area contributed by atoms with Crippen LogP contribution >= 0.6 is 0 Å². The number of carboxylic acids is 1. The number of benzene rings is 2. The van der Waals surface area contributed by atoms with Gasteiger partial charge >= 0.3 is 5.97 Å². The van der Waals surface area contributed by atoms with Crippen LogP contribution in [0.5, 0.6) is 0 Å². The van der Waals surface area contributed by atoms with E-state index in [1.165, 1.54) is 6.21 Å². The molecular formula is C16H15NO3. The minimum absolute atomic E-state index is 0.533. The molecule has 0 bridgehead atoms. The summed E-state index contributed by atoms with van der Waals surface area (Å²) >= 11 is 0. The lowest BCUT2D eigenvalue weighted by atomic mass is 10.0.